The van der Waals surface area contributed by atoms with E-state index in [2.05, 4.69) is 40.4 Å². The maximum Gasteiger partial charge on any atom is 0.227 e. The number of fused-ring (bicyclic) bond motifs is 2. The van der Waals surface area contributed by atoms with E-state index < -0.39 is 0 Å². The minimum atomic E-state index is -0.282. The van der Waals surface area contributed by atoms with E-state index in [0.29, 0.717) is 33.0 Å². The van der Waals surface area contributed by atoms with E-state index in [-0.39, 0.29) is 5.82 Å². The average Bonchev–Trinajstić information content (AvgIpc) is 2.75. The van der Waals surface area contributed by atoms with Crippen LogP contribution in [-0.2, 0) is 13.0 Å². The van der Waals surface area contributed by atoms with Gasteiger partial charge < -0.3 is 10.2 Å². The van der Waals surface area contributed by atoms with Crippen LogP contribution in [0.4, 0.5) is 16.0 Å². The second-order valence-electron chi connectivity index (χ2n) is 8.08. The van der Waals surface area contributed by atoms with Crippen LogP contribution in [-0.4, -0.2) is 28.5 Å². The van der Waals surface area contributed by atoms with E-state index in [9.17, 15) is 4.39 Å². The highest BCUT2D eigenvalue weighted by Crippen LogP contribution is 2.35. The lowest BCUT2D eigenvalue weighted by Crippen LogP contribution is -2.26. The van der Waals surface area contributed by atoms with Gasteiger partial charge in [0.2, 0.25) is 5.95 Å². The molecule has 31 heavy (non-hydrogen) atoms. The largest absolute Gasteiger partial charge is 0.324 e. The number of nitrogens with zero attached hydrogens (tertiary/aromatic N) is 3. The van der Waals surface area contributed by atoms with Crippen molar-refractivity contribution in [3.8, 4) is 11.1 Å². The van der Waals surface area contributed by atoms with Crippen LogP contribution in [0.25, 0.3) is 22.0 Å². The van der Waals surface area contributed by atoms with Crippen molar-refractivity contribution in [2.75, 3.05) is 18.9 Å². The standard InChI is InChI=1S/C25H22ClFN4/c1-15-4-3-5-22(27)23(15)19-8-9-21(26)20-13-28-25(30-24(19)20)29-18-7-6-16-10-11-31(2)14-17(16)12-18/h3-9,12-13H,10-11,14H2,1-2H3,(H,28,29,30). The Morgan fingerprint density at radius 3 is 2.81 bits per heavy atom. The number of anilines is 2. The number of halogens is 2. The molecule has 5 rings (SSSR count). The molecule has 4 nitrogen and oxygen atoms in total. The monoisotopic (exact) mass is 432 g/mol. The summed E-state index contributed by atoms with van der Waals surface area (Å²) >= 11 is 6.40. The first-order chi connectivity index (χ1) is 15.0. The number of aryl methyl sites for hydroxylation is 1. The minimum Gasteiger partial charge on any atom is -0.324 e. The zero-order chi connectivity index (χ0) is 21.5. The Hall–Kier alpha value is -3.02. The highest BCUT2D eigenvalue weighted by molar-refractivity contribution is 6.35. The molecule has 1 aliphatic rings. The predicted octanol–water partition coefficient (Wildman–Crippen LogP) is 6.13. The van der Waals surface area contributed by atoms with Crippen molar-refractivity contribution in [1.29, 1.82) is 0 Å². The molecule has 1 aliphatic heterocycles. The number of hydrogen-bond acceptors (Lipinski definition) is 4. The maximum atomic E-state index is 14.7. The van der Waals surface area contributed by atoms with E-state index in [0.717, 1.165) is 30.8 Å². The molecule has 0 radical (unpaired) electrons. The van der Waals surface area contributed by atoms with Crippen molar-refractivity contribution in [2.24, 2.45) is 0 Å². The van der Waals surface area contributed by atoms with Gasteiger partial charge in [0.1, 0.15) is 5.82 Å². The van der Waals surface area contributed by atoms with E-state index in [1.807, 2.05) is 19.1 Å². The van der Waals surface area contributed by atoms with Crippen molar-refractivity contribution in [2.45, 2.75) is 19.9 Å². The van der Waals surface area contributed by atoms with E-state index in [1.54, 1.807) is 18.3 Å². The lowest BCUT2D eigenvalue weighted by Gasteiger charge is -2.25. The highest BCUT2D eigenvalue weighted by Gasteiger charge is 2.16. The van der Waals surface area contributed by atoms with Gasteiger partial charge in [-0.05, 0) is 61.3 Å². The van der Waals surface area contributed by atoms with Crippen molar-refractivity contribution in [1.82, 2.24) is 14.9 Å². The first-order valence-corrected chi connectivity index (χ1v) is 10.7. The average molecular weight is 433 g/mol. The molecule has 0 bridgehead atoms. The Bertz CT molecular complexity index is 1280. The van der Waals surface area contributed by atoms with E-state index in [1.165, 1.54) is 17.2 Å². The lowest BCUT2D eigenvalue weighted by atomic mass is 9.98. The van der Waals surface area contributed by atoms with Crippen molar-refractivity contribution < 1.29 is 4.39 Å². The van der Waals surface area contributed by atoms with Crippen molar-refractivity contribution in [3.63, 3.8) is 0 Å². The van der Waals surface area contributed by atoms with Gasteiger partial charge in [0.05, 0.1) is 10.5 Å². The van der Waals surface area contributed by atoms with Gasteiger partial charge in [-0.1, -0.05) is 35.9 Å². The third kappa shape index (κ3) is 3.75. The van der Waals surface area contributed by atoms with Gasteiger partial charge in [-0.2, -0.15) is 0 Å². The molecule has 1 N–H and O–H groups in total. The van der Waals surface area contributed by atoms with Gasteiger partial charge in [0, 0.05) is 41.5 Å². The number of hydrogen-bond donors (Lipinski definition) is 1. The number of nitrogens with one attached hydrogen (secondary N) is 1. The molecule has 3 aromatic carbocycles. The maximum absolute atomic E-state index is 14.7. The summed E-state index contributed by atoms with van der Waals surface area (Å²) in [6.45, 7) is 3.89. The van der Waals surface area contributed by atoms with Crippen LogP contribution in [0.5, 0.6) is 0 Å². The SMILES string of the molecule is Cc1cccc(F)c1-c1ccc(Cl)c2cnc(Nc3ccc4c(c3)CN(C)CC4)nc12. The number of likely N-dealkylation sites (N-methyl/N-ethyl adjacent to an activating group) is 1. The molecule has 0 saturated heterocycles. The van der Waals surface area contributed by atoms with Crippen molar-refractivity contribution in [3.05, 3.63) is 82.3 Å². The van der Waals surface area contributed by atoms with Gasteiger partial charge in [-0.3, -0.25) is 0 Å². The normalized spacial score (nSPS) is 13.9. The van der Waals surface area contributed by atoms with E-state index in [4.69, 9.17) is 16.6 Å². The molecular formula is C25H22ClFN4. The summed E-state index contributed by atoms with van der Waals surface area (Å²) in [6, 6.07) is 15.0. The fraction of sp³-hybridized carbons (Fsp3) is 0.200. The van der Waals surface area contributed by atoms with Crippen LogP contribution in [0, 0.1) is 12.7 Å². The van der Waals surface area contributed by atoms with Crippen LogP contribution >= 0.6 is 11.6 Å². The van der Waals surface area contributed by atoms with Crippen molar-refractivity contribution >= 4 is 34.1 Å². The Labute approximate surface area is 185 Å². The molecule has 0 fully saturated rings. The summed E-state index contributed by atoms with van der Waals surface area (Å²) in [4.78, 5) is 11.5. The molecule has 2 heterocycles. The van der Waals surface area contributed by atoms with Gasteiger partial charge >= 0.3 is 0 Å². The van der Waals surface area contributed by atoms with Crippen LogP contribution in [0.3, 0.4) is 0 Å². The molecule has 0 aliphatic carbocycles. The summed E-state index contributed by atoms with van der Waals surface area (Å²) in [6.07, 6.45) is 2.75. The molecule has 4 aromatic rings. The topological polar surface area (TPSA) is 41.1 Å². The fourth-order valence-electron chi connectivity index (χ4n) is 4.23. The molecule has 0 atom stereocenters. The van der Waals surface area contributed by atoms with Gasteiger partial charge in [-0.15, -0.1) is 0 Å². The predicted molar refractivity (Wildman–Crippen MR) is 124 cm³/mol. The highest BCUT2D eigenvalue weighted by atomic mass is 35.5. The number of rotatable bonds is 3. The van der Waals surface area contributed by atoms with Crippen LogP contribution in [0.1, 0.15) is 16.7 Å². The van der Waals surface area contributed by atoms with Crippen LogP contribution < -0.4 is 5.32 Å². The van der Waals surface area contributed by atoms with E-state index >= 15 is 0 Å². The molecule has 1 aromatic heterocycles. The van der Waals surface area contributed by atoms with Crippen LogP contribution in [0.15, 0.2) is 54.7 Å². The fourth-order valence-corrected chi connectivity index (χ4v) is 4.43. The number of aromatic nitrogens is 2. The summed E-state index contributed by atoms with van der Waals surface area (Å²) in [5, 5.41) is 4.54. The molecule has 0 saturated carbocycles. The lowest BCUT2D eigenvalue weighted by molar-refractivity contribution is 0.313. The zero-order valence-corrected chi connectivity index (χ0v) is 18.2. The molecule has 156 valence electrons. The molecule has 6 heteroatoms. The Kier molecular flexibility index (Phi) is 5.08. The second-order valence-corrected chi connectivity index (χ2v) is 8.49. The molecule has 0 spiro atoms. The number of benzene rings is 3. The van der Waals surface area contributed by atoms with Gasteiger partial charge in [0.25, 0.3) is 0 Å². The summed E-state index contributed by atoms with van der Waals surface area (Å²) < 4.78 is 14.7. The third-order valence-corrected chi connectivity index (χ3v) is 6.18. The summed E-state index contributed by atoms with van der Waals surface area (Å²) in [5.74, 6) is 0.171. The summed E-state index contributed by atoms with van der Waals surface area (Å²) in [7, 11) is 2.13. The molecular weight excluding hydrogens is 411 g/mol. The smallest absolute Gasteiger partial charge is 0.227 e. The van der Waals surface area contributed by atoms with Gasteiger partial charge in [-0.25, -0.2) is 14.4 Å². The summed E-state index contributed by atoms with van der Waals surface area (Å²) in [5.41, 5.74) is 6.32. The minimum absolute atomic E-state index is 0.282. The molecule has 0 amide bonds. The first kappa shape index (κ1) is 19.9. The first-order valence-electron chi connectivity index (χ1n) is 10.3. The Balaban J connectivity index is 1.58. The zero-order valence-electron chi connectivity index (χ0n) is 17.4. The second kappa shape index (κ2) is 7.91. The van der Waals surface area contributed by atoms with Crippen LogP contribution in [0.2, 0.25) is 5.02 Å². The third-order valence-electron chi connectivity index (χ3n) is 5.85. The Morgan fingerprint density at radius 1 is 1.10 bits per heavy atom. The quantitative estimate of drug-likeness (QED) is 0.423. The van der Waals surface area contributed by atoms with Gasteiger partial charge in [0.15, 0.2) is 0 Å². The Morgan fingerprint density at radius 2 is 1.97 bits per heavy atom. The molecule has 0 unspecified atom stereocenters.